The Bertz CT molecular complexity index is 350. The molecule has 3 nitrogen and oxygen atoms in total. The van der Waals surface area contributed by atoms with Crippen LogP contribution in [0.25, 0.3) is 0 Å². The van der Waals surface area contributed by atoms with Crippen molar-refractivity contribution < 1.29 is 9.90 Å². The first kappa shape index (κ1) is 12.7. The molecular weight excluding hydrogens is 202 g/mol. The van der Waals surface area contributed by atoms with E-state index in [1.165, 1.54) is 11.1 Å². The molecule has 1 unspecified atom stereocenters. The van der Waals surface area contributed by atoms with E-state index >= 15 is 0 Å². The number of aryl methyl sites for hydroxylation is 2. The maximum atomic E-state index is 10.5. The lowest BCUT2D eigenvalue weighted by atomic mass is 10.0. The Hall–Kier alpha value is -1.35. The molecule has 1 rings (SSSR count). The molecule has 0 spiro atoms. The summed E-state index contributed by atoms with van der Waals surface area (Å²) in [6.45, 7) is 2.10. The van der Waals surface area contributed by atoms with E-state index in [0.717, 1.165) is 19.3 Å². The molecule has 0 aliphatic heterocycles. The minimum absolute atomic E-state index is 0.557. The summed E-state index contributed by atoms with van der Waals surface area (Å²) in [5.41, 5.74) is 8.06. The van der Waals surface area contributed by atoms with Crippen LogP contribution in [0.15, 0.2) is 24.3 Å². The molecule has 1 atom stereocenters. The van der Waals surface area contributed by atoms with Gasteiger partial charge < -0.3 is 10.8 Å². The normalized spacial score (nSPS) is 12.4. The Kier molecular flexibility index (Phi) is 4.99. The van der Waals surface area contributed by atoms with Crippen molar-refractivity contribution in [1.29, 1.82) is 0 Å². The third-order valence-electron chi connectivity index (χ3n) is 2.79. The molecule has 3 heteroatoms. The van der Waals surface area contributed by atoms with E-state index in [2.05, 4.69) is 19.1 Å². The summed E-state index contributed by atoms with van der Waals surface area (Å²) in [6.07, 6.45) is 3.41. The van der Waals surface area contributed by atoms with Gasteiger partial charge >= 0.3 is 5.97 Å². The number of nitrogens with two attached hydrogens (primary N) is 1. The number of carboxylic acids is 1. The molecule has 1 aromatic rings. The molecule has 0 aromatic heterocycles. The molecule has 0 saturated heterocycles. The number of carboxylic acid groups (broad SMARTS) is 1. The third kappa shape index (κ3) is 4.03. The van der Waals surface area contributed by atoms with Crippen LogP contribution < -0.4 is 5.73 Å². The predicted molar refractivity (Wildman–Crippen MR) is 64.3 cm³/mol. The molecule has 0 radical (unpaired) electrons. The molecule has 16 heavy (non-hydrogen) atoms. The molecule has 0 bridgehead atoms. The highest BCUT2D eigenvalue weighted by atomic mass is 16.4. The average Bonchev–Trinajstić information content (AvgIpc) is 2.26. The summed E-state index contributed by atoms with van der Waals surface area (Å²) >= 11 is 0. The second-order valence-corrected chi connectivity index (χ2v) is 4.12. The van der Waals surface area contributed by atoms with Gasteiger partial charge in [-0.25, -0.2) is 0 Å². The first-order chi connectivity index (χ1) is 7.61. The average molecular weight is 221 g/mol. The highest BCUT2D eigenvalue weighted by Gasteiger charge is 2.10. The Morgan fingerprint density at radius 1 is 1.38 bits per heavy atom. The zero-order valence-electron chi connectivity index (χ0n) is 9.65. The number of rotatable bonds is 6. The fraction of sp³-hybridized carbons (Fsp3) is 0.462. The number of benzene rings is 1. The molecule has 0 saturated carbocycles. The van der Waals surface area contributed by atoms with Crippen LogP contribution in [-0.2, 0) is 11.2 Å². The van der Waals surface area contributed by atoms with E-state index in [0.29, 0.717) is 6.42 Å². The summed E-state index contributed by atoms with van der Waals surface area (Å²) in [5.74, 6) is -0.907. The van der Waals surface area contributed by atoms with Crippen LogP contribution in [0.2, 0.25) is 0 Å². The first-order valence-corrected chi connectivity index (χ1v) is 5.64. The topological polar surface area (TPSA) is 63.3 Å². The van der Waals surface area contributed by atoms with Gasteiger partial charge in [-0.1, -0.05) is 30.7 Å². The molecule has 3 N–H and O–H groups in total. The van der Waals surface area contributed by atoms with Gasteiger partial charge in [0.2, 0.25) is 0 Å². The lowest BCUT2D eigenvalue weighted by Crippen LogP contribution is -2.29. The van der Waals surface area contributed by atoms with Crippen LogP contribution in [0.5, 0.6) is 0 Å². The minimum Gasteiger partial charge on any atom is -0.480 e. The number of carbonyl (C=O) groups is 1. The van der Waals surface area contributed by atoms with Crippen LogP contribution in [0.4, 0.5) is 0 Å². The summed E-state index contributed by atoms with van der Waals surface area (Å²) in [5, 5.41) is 8.62. The van der Waals surface area contributed by atoms with Crippen LogP contribution in [-0.4, -0.2) is 17.1 Å². The van der Waals surface area contributed by atoms with Crippen LogP contribution >= 0.6 is 0 Å². The van der Waals surface area contributed by atoms with Gasteiger partial charge in [-0.2, -0.15) is 0 Å². The van der Waals surface area contributed by atoms with Crippen molar-refractivity contribution in [2.45, 2.75) is 38.6 Å². The van der Waals surface area contributed by atoms with E-state index in [1.54, 1.807) is 0 Å². The van der Waals surface area contributed by atoms with E-state index in [1.807, 2.05) is 12.1 Å². The highest BCUT2D eigenvalue weighted by molar-refractivity contribution is 5.72. The third-order valence-corrected chi connectivity index (χ3v) is 2.79. The van der Waals surface area contributed by atoms with Gasteiger partial charge in [0, 0.05) is 0 Å². The Balaban J connectivity index is 2.26. The van der Waals surface area contributed by atoms with Crippen molar-refractivity contribution in [3.05, 3.63) is 35.4 Å². The van der Waals surface area contributed by atoms with Gasteiger partial charge in [-0.05, 0) is 37.3 Å². The van der Waals surface area contributed by atoms with Crippen molar-refractivity contribution in [2.24, 2.45) is 5.73 Å². The van der Waals surface area contributed by atoms with Crippen molar-refractivity contribution in [3.63, 3.8) is 0 Å². The number of hydrogen-bond acceptors (Lipinski definition) is 2. The van der Waals surface area contributed by atoms with E-state index in [4.69, 9.17) is 10.8 Å². The molecule has 0 aliphatic rings. The standard InChI is InChI=1S/C13H19NO2/c1-10-6-2-3-7-11(10)8-4-5-9-12(14)13(15)16/h2-3,6-7,12H,4-5,8-9,14H2,1H3,(H,15,16). The summed E-state index contributed by atoms with van der Waals surface area (Å²) in [6, 6.07) is 7.56. The Morgan fingerprint density at radius 2 is 2.06 bits per heavy atom. The zero-order chi connectivity index (χ0) is 12.0. The van der Waals surface area contributed by atoms with E-state index in [9.17, 15) is 4.79 Å². The predicted octanol–water partition coefficient (Wildman–Crippen LogP) is 2.12. The number of aliphatic carboxylic acids is 1. The van der Waals surface area contributed by atoms with Gasteiger partial charge in [0.25, 0.3) is 0 Å². The van der Waals surface area contributed by atoms with Crippen molar-refractivity contribution in [2.75, 3.05) is 0 Å². The van der Waals surface area contributed by atoms with Gasteiger partial charge in [-0.3, -0.25) is 4.79 Å². The Labute approximate surface area is 96.3 Å². The van der Waals surface area contributed by atoms with Crippen LogP contribution in [0, 0.1) is 6.92 Å². The summed E-state index contributed by atoms with van der Waals surface area (Å²) < 4.78 is 0. The monoisotopic (exact) mass is 221 g/mol. The fourth-order valence-electron chi connectivity index (χ4n) is 1.69. The van der Waals surface area contributed by atoms with Gasteiger partial charge in [0.1, 0.15) is 6.04 Å². The lowest BCUT2D eigenvalue weighted by Gasteiger charge is -2.07. The van der Waals surface area contributed by atoms with Crippen molar-refractivity contribution in [1.82, 2.24) is 0 Å². The maximum Gasteiger partial charge on any atom is 0.320 e. The molecular formula is C13H19NO2. The van der Waals surface area contributed by atoms with Crippen molar-refractivity contribution in [3.8, 4) is 0 Å². The zero-order valence-corrected chi connectivity index (χ0v) is 9.65. The first-order valence-electron chi connectivity index (χ1n) is 5.64. The Morgan fingerprint density at radius 3 is 2.69 bits per heavy atom. The quantitative estimate of drug-likeness (QED) is 0.723. The fourth-order valence-corrected chi connectivity index (χ4v) is 1.69. The van der Waals surface area contributed by atoms with Crippen LogP contribution in [0.3, 0.4) is 0 Å². The molecule has 0 heterocycles. The minimum atomic E-state index is -0.907. The van der Waals surface area contributed by atoms with E-state index in [-0.39, 0.29) is 0 Å². The smallest absolute Gasteiger partial charge is 0.320 e. The molecule has 1 aromatic carbocycles. The second-order valence-electron chi connectivity index (χ2n) is 4.12. The summed E-state index contributed by atoms with van der Waals surface area (Å²) in [7, 11) is 0. The van der Waals surface area contributed by atoms with Gasteiger partial charge in [0.05, 0.1) is 0 Å². The largest absolute Gasteiger partial charge is 0.480 e. The maximum absolute atomic E-state index is 10.5. The number of unbranched alkanes of at least 4 members (excludes halogenated alkanes) is 1. The van der Waals surface area contributed by atoms with Gasteiger partial charge in [-0.15, -0.1) is 0 Å². The molecule has 0 aliphatic carbocycles. The van der Waals surface area contributed by atoms with Gasteiger partial charge in [0.15, 0.2) is 0 Å². The molecule has 0 amide bonds. The SMILES string of the molecule is Cc1ccccc1CCCCC(N)C(=O)O. The second kappa shape index (κ2) is 6.28. The van der Waals surface area contributed by atoms with Crippen molar-refractivity contribution >= 4 is 5.97 Å². The lowest BCUT2D eigenvalue weighted by molar-refractivity contribution is -0.138. The number of hydrogen-bond donors (Lipinski definition) is 2. The van der Waals surface area contributed by atoms with Crippen LogP contribution in [0.1, 0.15) is 30.4 Å². The highest BCUT2D eigenvalue weighted by Crippen LogP contribution is 2.11. The molecule has 88 valence electrons. The molecule has 0 fully saturated rings. The summed E-state index contributed by atoms with van der Waals surface area (Å²) in [4.78, 5) is 10.5. The van der Waals surface area contributed by atoms with E-state index < -0.39 is 12.0 Å².